The average Bonchev–Trinajstić information content (AvgIpc) is 2.75. The van der Waals surface area contributed by atoms with Crippen molar-refractivity contribution in [2.75, 3.05) is 13.7 Å². The van der Waals surface area contributed by atoms with Crippen LogP contribution >= 0.6 is 0 Å². The second-order valence-electron chi connectivity index (χ2n) is 8.17. The first-order valence-corrected chi connectivity index (χ1v) is 10.7. The van der Waals surface area contributed by atoms with Crippen molar-refractivity contribution in [1.29, 1.82) is 0 Å². The molecule has 2 aromatic rings. The maximum atomic E-state index is 13.0. The summed E-state index contributed by atoms with van der Waals surface area (Å²) in [6.45, 7) is 9.93. The summed E-state index contributed by atoms with van der Waals surface area (Å²) >= 11 is 0. The number of amides is 2. The molecule has 0 saturated heterocycles. The van der Waals surface area contributed by atoms with Crippen LogP contribution in [0.25, 0.3) is 0 Å². The minimum atomic E-state index is -0.215. The smallest absolute Gasteiger partial charge is 0.258 e. The maximum absolute atomic E-state index is 13.0. The Morgan fingerprint density at radius 3 is 2.16 bits per heavy atom. The van der Waals surface area contributed by atoms with Crippen LogP contribution in [-0.4, -0.2) is 31.6 Å². The quantitative estimate of drug-likeness (QED) is 0.594. The second-order valence-corrected chi connectivity index (χ2v) is 8.17. The molecule has 168 valence electrons. The summed E-state index contributed by atoms with van der Waals surface area (Å²) in [5, 5.41) is 5.90. The van der Waals surface area contributed by atoms with E-state index in [9.17, 15) is 9.59 Å². The zero-order chi connectivity index (χ0) is 23.0. The molecule has 2 aromatic carbocycles. The molecule has 2 N–H and O–H groups in total. The van der Waals surface area contributed by atoms with E-state index in [-0.39, 0.29) is 36.4 Å². The van der Waals surface area contributed by atoms with Gasteiger partial charge in [-0.2, -0.15) is 0 Å². The summed E-state index contributed by atoms with van der Waals surface area (Å²) in [5.41, 5.74) is 2.80. The molecule has 0 aliphatic rings. The predicted molar refractivity (Wildman–Crippen MR) is 123 cm³/mol. The molecular weight excluding hydrogens is 392 g/mol. The Balaban J connectivity index is 2.13. The molecule has 6 nitrogen and oxygen atoms in total. The molecule has 6 heteroatoms. The van der Waals surface area contributed by atoms with Gasteiger partial charge in [-0.05, 0) is 55.5 Å². The molecule has 1 atom stereocenters. The van der Waals surface area contributed by atoms with Gasteiger partial charge < -0.3 is 20.1 Å². The lowest BCUT2D eigenvalue weighted by molar-refractivity contribution is -0.123. The number of rotatable bonds is 10. The largest absolute Gasteiger partial charge is 0.493 e. The van der Waals surface area contributed by atoms with Gasteiger partial charge in [-0.25, -0.2) is 0 Å². The Bertz CT molecular complexity index is 876. The van der Waals surface area contributed by atoms with E-state index >= 15 is 0 Å². The number of aryl methyl sites for hydroxylation is 1. The van der Waals surface area contributed by atoms with Crippen molar-refractivity contribution in [2.24, 2.45) is 5.92 Å². The molecule has 0 heterocycles. The van der Waals surface area contributed by atoms with Crippen LogP contribution in [-0.2, 0) is 11.2 Å². The number of hydrogen-bond acceptors (Lipinski definition) is 4. The fraction of sp³-hybridized carbons (Fsp3) is 0.440. The summed E-state index contributed by atoms with van der Waals surface area (Å²) in [4.78, 5) is 24.8. The molecule has 0 radical (unpaired) electrons. The van der Waals surface area contributed by atoms with E-state index in [1.54, 1.807) is 18.2 Å². The van der Waals surface area contributed by atoms with Crippen molar-refractivity contribution in [2.45, 2.75) is 53.1 Å². The van der Waals surface area contributed by atoms with Gasteiger partial charge in [-0.3, -0.25) is 9.59 Å². The molecule has 0 saturated carbocycles. The van der Waals surface area contributed by atoms with Gasteiger partial charge in [0.15, 0.2) is 18.1 Å². The first kappa shape index (κ1) is 24.3. The topological polar surface area (TPSA) is 76.7 Å². The maximum Gasteiger partial charge on any atom is 0.258 e. The summed E-state index contributed by atoms with van der Waals surface area (Å²) in [6.07, 6.45) is 0.979. The van der Waals surface area contributed by atoms with Crippen LogP contribution in [0.4, 0.5) is 0 Å². The predicted octanol–water partition coefficient (Wildman–Crippen LogP) is 4.29. The second kappa shape index (κ2) is 11.4. The normalized spacial score (nSPS) is 11.9. The number of ether oxygens (including phenoxy) is 2. The Kier molecular flexibility index (Phi) is 8.91. The molecule has 0 aromatic heterocycles. The zero-order valence-electron chi connectivity index (χ0n) is 19.3. The van der Waals surface area contributed by atoms with Crippen LogP contribution in [0.2, 0.25) is 0 Å². The molecule has 0 spiro atoms. The fourth-order valence-electron chi connectivity index (χ4n) is 3.26. The van der Waals surface area contributed by atoms with Crippen LogP contribution in [0, 0.1) is 5.92 Å². The van der Waals surface area contributed by atoms with E-state index < -0.39 is 0 Å². The van der Waals surface area contributed by atoms with E-state index in [1.165, 1.54) is 12.7 Å². The van der Waals surface area contributed by atoms with E-state index in [0.717, 1.165) is 12.0 Å². The number of carbonyl (C=O) groups excluding carboxylic acids is 2. The van der Waals surface area contributed by atoms with Crippen molar-refractivity contribution in [3.05, 3.63) is 59.2 Å². The Morgan fingerprint density at radius 1 is 0.935 bits per heavy atom. The highest BCUT2D eigenvalue weighted by atomic mass is 16.5. The Labute approximate surface area is 185 Å². The third-order valence-corrected chi connectivity index (χ3v) is 4.93. The van der Waals surface area contributed by atoms with Crippen molar-refractivity contribution < 1.29 is 19.1 Å². The van der Waals surface area contributed by atoms with E-state index in [2.05, 4.69) is 55.7 Å². The highest BCUT2D eigenvalue weighted by molar-refractivity contribution is 5.95. The fourth-order valence-corrected chi connectivity index (χ4v) is 3.26. The van der Waals surface area contributed by atoms with E-state index in [1.807, 2.05) is 13.8 Å². The monoisotopic (exact) mass is 426 g/mol. The number of methoxy groups -OCH3 is 1. The molecule has 1 unspecified atom stereocenters. The molecular formula is C25H34N2O4. The van der Waals surface area contributed by atoms with E-state index in [0.29, 0.717) is 17.1 Å². The van der Waals surface area contributed by atoms with Gasteiger partial charge in [0.1, 0.15) is 0 Å². The number of carbonyl (C=O) groups is 2. The third-order valence-electron chi connectivity index (χ3n) is 4.93. The van der Waals surface area contributed by atoms with Crippen LogP contribution in [0.15, 0.2) is 42.5 Å². The van der Waals surface area contributed by atoms with Crippen LogP contribution in [0.5, 0.6) is 11.5 Å². The summed E-state index contributed by atoms with van der Waals surface area (Å²) in [6, 6.07) is 13.2. The summed E-state index contributed by atoms with van der Waals surface area (Å²) < 4.78 is 10.9. The van der Waals surface area contributed by atoms with Crippen molar-refractivity contribution in [3.63, 3.8) is 0 Å². The SMILES string of the molecule is CCc1ccc(C(NC(=O)c2ccc(OCC(=O)NC(C)C)c(OC)c2)C(C)C)cc1. The molecule has 31 heavy (non-hydrogen) atoms. The van der Waals surface area contributed by atoms with Crippen LogP contribution in [0.3, 0.4) is 0 Å². The van der Waals surface area contributed by atoms with Gasteiger partial charge in [0.05, 0.1) is 13.2 Å². The van der Waals surface area contributed by atoms with Crippen LogP contribution in [0.1, 0.15) is 62.1 Å². The van der Waals surface area contributed by atoms with Gasteiger partial charge in [0, 0.05) is 11.6 Å². The van der Waals surface area contributed by atoms with Crippen molar-refractivity contribution in [3.8, 4) is 11.5 Å². The summed E-state index contributed by atoms with van der Waals surface area (Å²) in [7, 11) is 1.50. The summed E-state index contributed by atoms with van der Waals surface area (Å²) in [5.74, 6) is 0.626. The highest BCUT2D eigenvalue weighted by Crippen LogP contribution is 2.29. The molecule has 0 fully saturated rings. The first-order valence-electron chi connectivity index (χ1n) is 10.7. The minimum Gasteiger partial charge on any atom is -0.493 e. The van der Waals surface area contributed by atoms with Crippen molar-refractivity contribution in [1.82, 2.24) is 10.6 Å². The molecule has 0 aliphatic carbocycles. The average molecular weight is 427 g/mol. The van der Waals surface area contributed by atoms with Gasteiger partial charge in [0.2, 0.25) is 0 Å². The molecule has 2 amide bonds. The van der Waals surface area contributed by atoms with Gasteiger partial charge in [-0.1, -0.05) is 45.0 Å². The number of benzene rings is 2. The van der Waals surface area contributed by atoms with Gasteiger partial charge >= 0.3 is 0 Å². The number of hydrogen-bond donors (Lipinski definition) is 2. The standard InChI is InChI=1S/C25H34N2O4/c1-7-18-8-10-19(11-9-18)24(16(2)3)27-25(29)20-12-13-21(22(14-20)30-6)31-15-23(28)26-17(4)5/h8-14,16-17,24H,7,15H2,1-6H3,(H,26,28)(H,27,29). The highest BCUT2D eigenvalue weighted by Gasteiger charge is 2.20. The molecule has 2 rings (SSSR count). The van der Waals surface area contributed by atoms with Crippen molar-refractivity contribution >= 4 is 11.8 Å². The lowest BCUT2D eigenvalue weighted by Gasteiger charge is -2.23. The van der Waals surface area contributed by atoms with Crippen LogP contribution < -0.4 is 20.1 Å². The molecule has 0 bridgehead atoms. The third kappa shape index (κ3) is 7.02. The minimum absolute atomic E-state index is 0.0381. The lowest BCUT2D eigenvalue weighted by Crippen LogP contribution is -2.34. The Hall–Kier alpha value is -3.02. The molecule has 0 aliphatic heterocycles. The lowest BCUT2D eigenvalue weighted by atomic mass is 9.94. The van der Waals surface area contributed by atoms with Gasteiger partial charge in [-0.15, -0.1) is 0 Å². The Morgan fingerprint density at radius 2 is 1.61 bits per heavy atom. The zero-order valence-corrected chi connectivity index (χ0v) is 19.3. The first-order chi connectivity index (χ1) is 14.7. The van der Waals surface area contributed by atoms with E-state index in [4.69, 9.17) is 9.47 Å². The number of nitrogens with one attached hydrogen (secondary N) is 2. The van der Waals surface area contributed by atoms with Gasteiger partial charge in [0.25, 0.3) is 11.8 Å².